The highest BCUT2D eigenvalue weighted by Gasteiger charge is 2.14. The van der Waals surface area contributed by atoms with Crippen molar-refractivity contribution in [3.8, 4) is 11.5 Å². The van der Waals surface area contributed by atoms with E-state index in [2.05, 4.69) is 10.6 Å². The average Bonchev–Trinajstić information content (AvgIpc) is 2.54. The maximum atomic E-state index is 12.3. The number of anilines is 1. The molecule has 0 fully saturated rings. The molecule has 0 saturated heterocycles. The lowest BCUT2D eigenvalue weighted by Crippen LogP contribution is -2.34. The zero-order valence-corrected chi connectivity index (χ0v) is 13.1. The lowest BCUT2D eigenvalue weighted by molar-refractivity contribution is 0.0974. The van der Waals surface area contributed by atoms with E-state index in [-0.39, 0.29) is 11.0 Å². The standard InChI is InChI=1S/C16H16N2O3S/c1-20-12-8-9-13(14(10-12)21-2)15(19)18-16(22)17-11-6-4-3-5-7-11/h3-10H,1-2H3,(H2,17,18,19,22). The van der Waals surface area contributed by atoms with Crippen molar-refractivity contribution in [1.29, 1.82) is 0 Å². The normalized spacial score (nSPS) is 9.73. The quantitative estimate of drug-likeness (QED) is 0.850. The number of benzene rings is 2. The Morgan fingerprint density at radius 3 is 2.41 bits per heavy atom. The molecular weight excluding hydrogens is 300 g/mol. The maximum Gasteiger partial charge on any atom is 0.261 e. The zero-order chi connectivity index (χ0) is 15.9. The molecule has 114 valence electrons. The summed E-state index contributed by atoms with van der Waals surface area (Å²) in [5.41, 5.74) is 1.18. The Bertz CT molecular complexity index is 674. The van der Waals surface area contributed by atoms with E-state index in [1.807, 2.05) is 30.3 Å². The molecule has 0 aliphatic rings. The second kappa shape index (κ2) is 7.42. The topological polar surface area (TPSA) is 59.6 Å². The number of hydrogen-bond acceptors (Lipinski definition) is 4. The Kier molecular flexibility index (Phi) is 5.32. The van der Waals surface area contributed by atoms with Gasteiger partial charge in [0, 0.05) is 11.8 Å². The molecule has 0 aliphatic carbocycles. The molecule has 0 heterocycles. The Morgan fingerprint density at radius 2 is 1.77 bits per heavy atom. The zero-order valence-electron chi connectivity index (χ0n) is 12.3. The van der Waals surface area contributed by atoms with Crippen LogP contribution in [-0.4, -0.2) is 25.2 Å². The van der Waals surface area contributed by atoms with Crippen molar-refractivity contribution in [1.82, 2.24) is 5.32 Å². The molecule has 0 bridgehead atoms. The van der Waals surface area contributed by atoms with Crippen molar-refractivity contribution < 1.29 is 14.3 Å². The fourth-order valence-corrected chi connectivity index (χ4v) is 2.05. The van der Waals surface area contributed by atoms with Crippen LogP contribution in [0.4, 0.5) is 5.69 Å². The minimum Gasteiger partial charge on any atom is -0.497 e. The van der Waals surface area contributed by atoms with Crippen LogP contribution < -0.4 is 20.1 Å². The van der Waals surface area contributed by atoms with Gasteiger partial charge in [0.05, 0.1) is 19.8 Å². The predicted octanol–water partition coefficient (Wildman–Crippen LogP) is 2.83. The Hall–Kier alpha value is -2.60. The molecule has 1 amide bonds. The number of para-hydroxylation sites is 1. The van der Waals surface area contributed by atoms with Crippen LogP contribution >= 0.6 is 12.2 Å². The van der Waals surface area contributed by atoms with Crippen LogP contribution in [0.2, 0.25) is 0 Å². The van der Waals surface area contributed by atoms with Gasteiger partial charge in [0.2, 0.25) is 0 Å². The fraction of sp³-hybridized carbons (Fsp3) is 0.125. The molecule has 0 saturated carbocycles. The molecule has 0 unspecified atom stereocenters. The van der Waals surface area contributed by atoms with E-state index in [0.717, 1.165) is 5.69 Å². The smallest absolute Gasteiger partial charge is 0.261 e. The van der Waals surface area contributed by atoms with Gasteiger partial charge in [-0.3, -0.25) is 10.1 Å². The molecule has 2 rings (SSSR count). The summed E-state index contributed by atoms with van der Waals surface area (Å²) in [5.74, 6) is 0.672. The first-order valence-corrected chi connectivity index (χ1v) is 6.94. The number of methoxy groups -OCH3 is 2. The summed E-state index contributed by atoms with van der Waals surface area (Å²) in [7, 11) is 3.04. The second-order valence-corrected chi connectivity index (χ2v) is 4.75. The van der Waals surface area contributed by atoms with Crippen LogP contribution in [0.15, 0.2) is 48.5 Å². The average molecular weight is 316 g/mol. The van der Waals surface area contributed by atoms with Gasteiger partial charge in [0.15, 0.2) is 5.11 Å². The summed E-state index contributed by atoms with van der Waals surface area (Å²) in [6.45, 7) is 0. The van der Waals surface area contributed by atoms with Crippen molar-refractivity contribution >= 4 is 28.9 Å². The first-order valence-electron chi connectivity index (χ1n) is 6.53. The van der Waals surface area contributed by atoms with Crippen LogP contribution in [-0.2, 0) is 0 Å². The van der Waals surface area contributed by atoms with E-state index < -0.39 is 0 Å². The van der Waals surface area contributed by atoms with Crippen LogP contribution in [0.1, 0.15) is 10.4 Å². The van der Waals surface area contributed by atoms with Gasteiger partial charge >= 0.3 is 0 Å². The molecule has 2 aromatic rings. The summed E-state index contributed by atoms with van der Waals surface area (Å²) in [6.07, 6.45) is 0. The van der Waals surface area contributed by atoms with Crippen molar-refractivity contribution in [3.05, 3.63) is 54.1 Å². The van der Waals surface area contributed by atoms with Gasteiger partial charge in [0.25, 0.3) is 5.91 Å². The molecule has 0 aliphatic heterocycles. The summed E-state index contributed by atoms with van der Waals surface area (Å²) in [6, 6.07) is 14.3. The number of nitrogens with one attached hydrogen (secondary N) is 2. The van der Waals surface area contributed by atoms with Gasteiger partial charge in [0.1, 0.15) is 11.5 Å². The Morgan fingerprint density at radius 1 is 1.05 bits per heavy atom. The third-order valence-electron chi connectivity index (χ3n) is 2.91. The second-order valence-electron chi connectivity index (χ2n) is 4.34. The van der Waals surface area contributed by atoms with Crippen LogP contribution in [0.5, 0.6) is 11.5 Å². The molecule has 0 atom stereocenters. The van der Waals surface area contributed by atoms with Gasteiger partial charge in [-0.15, -0.1) is 0 Å². The first-order chi connectivity index (χ1) is 10.6. The van der Waals surface area contributed by atoms with E-state index in [1.165, 1.54) is 7.11 Å². The molecule has 2 N–H and O–H groups in total. The number of carbonyl (C=O) groups is 1. The largest absolute Gasteiger partial charge is 0.497 e. The monoisotopic (exact) mass is 316 g/mol. The highest BCUT2D eigenvalue weighted by atomic mass is 32.1. The molecule has 2 aromatic carbocycles. The Labute approximate surface area is 134 Å². The van der Waals surface area contributed by atoms with Gasteiger partial charge < -0.3 is 14.8 Å². The third kappa shape index (κ3) is 3.95. The highest BCUT2D eigenvalue weighted by Crippen LogP contribution is 2.24. The van der Waals surface area contributed by atoms with Crippen molar-refractivity contribution in [2.24, 2.45) is 0 Å². The number of rotatable bonds is 4. The molecule has 22 heavy (non-hydrogen) atoms. The van der Waals surface area contributed by atoms with Crippen molar-refractivity contribution in [2.45, 2.75) is 0 Å². The van der Waals surface area contributed by atoms with Gasteiger partial charge in [-0.2, -0.15) is 0 Å². The number of ether oxygens (including phenoxy) is 2. The molecule has 0 radical (unpaired) electrons. The highest BCUT2D eigenvalue weighted by molar-refractivity contribution is 7.80. The van der Waals surface area contributed by atoms with Crippen molar-refractivity contribution in [2.75, 3.05) is 19.5 Å². The molecule has 0 aromatic heterocycles. The summed E-state index contributed by atoms with van der Waals surface area (Å²) >= 11 is 5.13. The van der Waals surface area contributed by atoms with E-state index in [9.17, 15) is 4.79 Å². The Balaban J connectivity index is 2.07. The minimum absolute atomic E-state index is 0.217. The maximum absolute atomic E-state index is 12.3. The lowest BCUT2D eigenvalue weighted by Gasteiger charge is -2.12. The van der Waals surface area contributed by atoms with Gasteiger partial charge in [-0.05, 0) is 36.5 Å². The predicted molar refractivity (Wildman–Crippen MR) is 89.7 cm³/mol. The number of thiocarbonyl (C=S) groups is 1. The summed E-state index contributed by atoms with van der Waals surface area (Å²) in [5, 5.41) is 5.77. The van der Waals surface area contributed by atoms with E-state index >= 15 is 0 Å². The van der Waals surface area contributed by atoms with Crippen LogP contribution in [0.3, 0.4) is 0 Å². The van der Waals surface area contributed by atoms with E-state index in [1.54, 1.807) is 25.3 Å². The van der Waals surface area contributed by atoms with Gasteiger partial charge in [-0.25, -0.2) is 0 Å². The molecule has 6 heteroatoms. The van der Waals surface area contributed by atoms with Crippen LogP contribution in [0.25, 0.3) is 0 Å². The summed E-state index contributed by atoms with van der Waals surface area (Å²) < 4.78 is 10.3. The minimum atomic E-state index is -0.354. The molecule has 5 nitrogen and oxygen atoms in total. The SMILES string of the molecule is COc1ccc(C(=O)NC(=S)Nc2ccccc2)c(OC)c1. The van der Waals surface area contributed by atoms with Gasteiger partial charge in [-0.1, -0.05) is 18.2 Å². The number of carbonyl (C=O) groups excluding carboxylic acids is 1. The van der Waals surface area contributed by atoms with Crippen molar-refractivity contribution in [3.63, 3.8) is 0 Å². The third-order valence-corrected chi connectivity index (χ3v) is 3.12. The number of amides is 1. The number of hydrogen-bond donors (Lipinski definition) is 2. The van der Waals surface area contributed by atoms with E-state index in [4.69, 9.17) is 21.7 Å². The van der Waals surface area contributed by atoms with E-state index in [0.29, 0.717) is 17.1 Å². The first kappa shape index (κ1) is 15.8. The fourth-order valence-electron chi connectivity index (χ4n) is 1.84. The van der Waals surface area contributed by atoms with Crippen LogP contribution in [0, 0.1) is 0 Å². The summed E-state index contributed by atoms with van der Waals surface area (Å²) in [4.78, 5) is 12.3. The molecular formula is C16H16N2O3S. The lowest BCUT2D eigenvalue weighted by atomic mass is 10.2. The molecule has 0 spiro atoms.